The van der Waals surface area contributed by atoms with Crippen LogP contribution in [0.4, 0.5) is 0 Å². The number of aromatic nitrogens is 3. The zero-order chi connectivity index (χ0) is 19.6. The number of nitrogens with zero attached hydrogens (tertiary/aromatic N) is 3. The zero-order valence-electron chi connectivity index (χ0n) is 16.0. The van der Waals surface area contributed by atoms with Gasteiger partial charge in [-0.15, -0.1) is 11.3 Å². The minimum Gasteiger partial charge on any atom is -0.353 e. The van der Waals surface area contributed by atoms with Gasteiger partial charge in [-0.3, -0.25) is 14.2 Å². The molecule has 144 valence electrons. The highest BCUT2D eigenvalue weighted by atomic mass is 32.2. The van der Waals surface area contributed by atoms with E-state index in [-0.39, 0.29) is 23.3 Å². The quantitative estimate of drug-likeness (QED) is 0.480. The first-order valence-corrected chi connectivity index (χ1v) is 10.9. The summed E-state index contributed by atoms with van der Waals surface area (Å²) in [4.78, 5) is 35.2. The normalized spacial score (nSPS) is 12.8. The van der Waals surface area contributed by atoms with Crippen molar-refractivity contribution in [1.82, 2.24) is 19.9 Å². The zero-order valence-corrected chi connectivity index (χ0v) is 17.6. The van der Waals surface area contributed by atoms with Crippen LogP contribution in [0.5, 0.6) is 0 Å². The van der Waals surface area contributed by atoms with Gasteiger partial charge in [-0.1, -0.05) is 32.5 Å². The van der Waals surface area contributed by atoms with Crippen LogP contribution >= 0.6 is 23.1 Å². The molecule has 3 rings (SSSR count). The molecular weight excluding hydrogens is 380 g/mol. The van der Waals surface area contributed by atoms with E-state index in [1.807, 2.05) is 26.0 Å². The van der Waals surface area contributed by atoms with Gasteiger partial charge in [0, 0.05) is 24.2 Å². The molecule has 0 unspecified atom stereocenters. The van der Waals surface area contributed by atoms with E-state index in [9.17, 15) is 9.59 Å². The molecule has 1 atom stereocenters. The van der Waals surface area contributed by atoms with Crippen molar-refractivity contribution in [3.8, 4) is 0 Å². The Balaban J connectivity index is 2.02. The van der Waals surface area contributed by atoms with Crippen LogP contribution in [0, 0.1) is 5.92 Å². The third kappa shape index (κ3) is 4.32. The number of hydrogen-bond acceptors (Lipinski definition) is 6. The van der Waals surface area contributed by atoms with Gasteiger partial charge in [0.25, 0.3) is 5.56 Å². The van der Waals surface area contributed by atoms with Crippen LogP contribution in [0.15, 0.2) is 28.3 Å². The first-order chi connectivity index (χ1) is 12.9. The molecule has 0 saturated heterocycles. The molecule has 0 aromatic carbocycles. The lowest BCUT2D eigenvalue weighted by Crippen LogP contribution is -2.33. The highest BCUT2D eigenvalue weighted by Crippen LogP contribution is 2.30. The van der Waals surface area contributed by atoms with E-state index < -0.39 is 0 Å². The molecule has 0 aliphatic rings. The second-order valence-electron chi connectivity index (χ2n) is 7.01. The highest BCUT2D eigenvalue weighted by molar-refractivity contribution is 7.99. The number of carbonyl (C=O) groups is 1. The number of nitrogens with one attached hydrogen (secondary N) is 1. The van der Waals surface area contributed by atoms with E-state index in [1.165, 1.54) is 23.1 Å². The summed E-state index contributed by atoms with van der Waals surface area (Å²) in [6, 6.07) is 3.92. The Morgan fingerprint density at radius 2 is 2.15 bits per heavy atom. The van der Waals surface area contributed by atoms with Crippen LogP contribution in [-0.2, 0) is 11.3 Å². The van der Waals surface area contributed by atoms with E-state index >= 15 is 0 Å². The molecule has 0 aliphatic carbocycles. The van der Waals surface area contributed by atoms with Crippen molar-refractivity contribution in [1.29, 1.82) is 0 Å². The Bertz CT molecular complexity index is 1030. The Morgan fingerprint density at radius 1 is 1.37 bits per heavy atom. The maximum absolute atomic E-state index is 13.1. The summed E-state index contributed by atoms with van der Waals surface area (Å²) in [6.45, 7) is 8.70. The van der Waals surface area contributed by atoms with E-state index in [1.54, 1.807) is 10.8 Å². The van der Waals surface area contributed by atoms with Gasteiger partial charge in [-0.25, -0.2) is 9.97 Å². The molecule has 3 aromatic heterocycles. The van der Waals surface area contributed by atoms with Crippen molar-refractivity contribution in [3.05, 3.63) is 28.7 Å². The fourth-order valence-electron chi connectivity index (χ4n) is 2.73. The summed E-state index contributed by atoms with van der Waals surface area (Å²) in [5.41, 5.74) is 0.625. The van der Waals surface area contributed by atoms with Crippen molar-refractivity contribution < 1.29 is 4.79 Å². The summed E-state index contributed by atoms with van der Waals surface area (Å²) >= 11 is 2.69. The minimum absolute atomic E-state index is 0.0448. The first kappa shape index (κ1) is 19.8. The lowest BCUT2D eigenvalue weighted by atomic mass is 10.2. The Kier molecular flexibility index (Phi) is 6.16. The van der Waals surface area contributed by atoms with Crippen molar-refractivity contribution in [2.75, 3.05) is 5.75 Å². The van der Waals surface area contributed by atoms with Crippen LogP contribution < -0.4 is 10.9 Å². The first-order valence-electron chi connectivity index (χ1n) is 9.10. The molecule has 3 heterocycles. The summed E-state index contributed by atoms with van der Waals surface area (Å²) in [6.07, 6.45) is 2.60. The summed E-state index contributed by atoms with van der Waals surface area (Å²) in [5, 5.41) is 4.43. The molecule has 1 amide bonds. The Labute approximate surface area is 166 Å². The average molecular weight is 405 g/mol. The molecule has 0 saturated carbocycles. The van der Waals surface area contributed by atoms with Gasteiger partial charge >= 0.3 is 0 Å². The number of pyridine rings is 1. The van der Waals surface area contributed by atoms with E-state index in [0.29, 0.717) is 27.8 Å². The number of thiophene rings is 1. The van der Waals surface area contributed by atoms with E-state index in [2.05, 4.69) is 24.1 Å². The number of carbonyl (C=O) groups excluding carboxylic acids is 1. The topological polar surface area (TPSA) is 76.9 Å². The second-order valence-corrected chi connectivity index (χ2v) is 8.95. The van der Waals surface area contributed by atoms with Crippen LogP contribution in [0.1, 0.15) is 34.1 Å². The summed E-state index contributed by atoms with van der Waals surface area (Å²) < 4.78 is 2.32. The fourth-order valence-corrected chi connectivity index (χ4v) is 4.57. The molecule has 0 spiro atoms. The summed E-state index contributed by atoms with van der Waals surface area (Å²) in [7, 11) is 0. The monoisotopic (exact) mass is 404 g/mol. The molecule has 6 nitrogen and oxygen atoms in total. The van der Waals surface area contributed by atoms with Gasteiger partial charge in [0.2, 0.25) is 5.91 Å². The molecule has 0 bridgehead atoms. The standard InChI is InChI=1S/C19H24N4O2S2/c1-5-12(4)21-14(24)10-26-19-22-15-13-7-6-8-20-17(13)27-16(15)18(25)23(19)9-11(2)3/h6-8,11-12H,5,9-10H2,1-4H3,(H,21,24)/t12-/m0/s1. The van der Waals surface area contributed by atoms with Gasteiger partial charge in [-0.2, -0.15) is 0 Å². The summed E-state index contributed by atoms with van der Waals surface area (Å²) in [5.74, 6) is 0.486. The van der Waals surface area contributed by atoms with Gasteiger partial charge in [0.1, 0.15) is 9.53 Å². The predicted molar refractivity (Wildman–Crippen MR) is 113 cm³/mol. The SMILES string of the molecule is CC[C@H](C)NC(=O)CSc1nc2c(sc3ncccc32)c(=O)n1CC(C)C. The predicted octanol–water partition coefficient (Wildman–Crippen LogP) is 3.67. The highest BCUT2D eigenvalue weighted by Gasteiger charge is 2.18. The van der Waals surface area contributed by atoms with Gasteiger partial charge in [0.15, 0.2) is 5.16 Å². The van der Waals surface area contributed by atoms with Crippen LogP contribution in [0.2, 0.25) is 0 Å². The van der Waals surface area contributed by atoms with Gasteiger partial charge < -0.3 is 5.32 Å². The van der Waals surface area contributed by atoms with Gasteiger partial charge in [-0.05, 0) is 31.4 Å². The Hall–Kier alpha value is -1.93. The molecule has 1 N–H and O–H groups in total. The number of fused-ring (bicyclic) bond motifs is 3. The van der Waals surface area contributed by atoms with Crippen LogP contribution in [0.3, 0.4) is 0 Å². The molecule has 0 radical (unpaired) electrons. The molecule has 0 fully saturated rings. The number of rotatable bonds is 7. The number of hydrogen-bond donors (Lipinski definition) is 1. The van der Waals surface area contributed by atoms with Crippen LogP contribution in [-0.4, -0.2) is 32.2 Å². The minimum atomic E-state index is -0.0541. The van der Waals surface area contributed by atoms with Crippen molar-refractivity contribution in [2.45, 2.75) is 51.9 Å². The number of thioether (sulfide) groups is 1. The second kappa shape index (κ2) is 8.39. The van der Waals surface area contributed by atoms with Crippen molar-refractivity contribution in [3.63, 3.8) is 0 Å². The lowest BCUT2D eigenvalue weighted by molar-refractivity contribution is -0.119. The molecule has 0 aliphatic heterocycles. The molecule has 27 heavy (non-hydrogen) atoms. The fraction of sp³-hybridized carbons (Fsp3) is 0.474. The molecule has 3 aromatic rings. The lowest BCUT2D eigenvalue weighted by Gasteiger charge is -2.15. The molecule has 8 heteroatoms. The van der Waals surface area contributed by atoms with Crippen LogP contribution in [0.25, 0.3) is 20.4 Å². The van der Waals surface area contributed by atoms with Crippen molar-refractivity contribution >= 4 is 49.4 Å². The number of amides is 1. The van der Waals surface area contributed by atoms with E-state index in [0.717, 1.165) is 16.6 Å². The third-order valence-electron chi connectivity index (χ3n) is 4.22. The maximum atomic E-state index is 13.1. The third-order valence-corrected chi connectivity index (χ3v) is 6.28. The molecular formula is C19H24N4O2S2. The largest absolute Gasteiger partial charge is 0.353 e. The smallest absolute Gasteiger partial charge is 0.272 e. The maximum Gasteiger partial charge on any atom is 0.272 e. The van der Waals surface area contributed by atoms with Crippen molar-refractivity contribution in [2.24, 2.45) is 5.92 Å². The Morgan fingerprint density at radius 3 is 2.85 bits per heavy atom. The average Bonchev–Trinajstić information content (AvgIpc) is 3.01. The van der Waals surface area contributed by atoms with E-state index in [4.69, 9.17) is 4.98 Å². The van der Waals surface area contributed by atoms with Gasteiger partial charge in [0.05, 0.1) is 11.3 Å².